The van der Waals surface area contributed by atoms with E-state index in [4.69, 9.17) is 4.74 Å². The Morgan fingerprint density at radius 3 is 2.09 bits per heavy atom. The maximum atomic E-state index is 13.1. The molecule has 1 saturated heterocycles. The summed E-state index contributed by atoms with van der Waals surface area (Å²) in [4.78, 5) is 28.5. The lowest BCUT2D eigenvalue weighted by atomic mass is 9.92. The Hall–Kier alpha value is -2.70. The van der Waals surface area contributed by atoms with E-state index in [9.17, 15) is 9.59 Å². The molecule has 2 heterocycles. The molecule has 1 aromatic heterocycles. The second-order valence-electron chi connectivity index (χ2n) is 8.55. The van der Waals surface area contributed by atoms with Crippen LogP contribution in [-0.4, -0.2) is 54.3 Å². The number of rotatable bonds is 8. The Morgan fingerprint density at radius 1 is 0.969 bits per heavy atom. The molecule has 0 bridgehead atoms. The fourth-order valence-corrected chi connectivity index (χ4v) is 5.00. The number of aromatic nitrogens is 1. The smallest absolute Gasteiger partial charge is 0.240 e. The summed E-state index contributed by atoms with van der Waals surface area (Å²) in [5.74, 6) is 0.496. The molecule has 4 rings (SSSR count). The normalized spacial score (nSPS) is 16.0. The summed E-state index contributed by atoms with van der Waals surface area (Å²) in [7, 11) is 0. The third-order valence-corrected chi connectivity index (χ3v) is 6.80. The van der Waals surface area contributed by atoms with Crippen molar-refractivity contribution >= 4 is 27.7 Å². The number of ether oxygens (including phenoxy) is 1. The summed E-state index contributed by atoms with van der Waals surface area (Å²) in [6.07, 6.45) is 2.17. The standard InChI is InChI=1S/C26H33N3O3/c1-3-19(4-2)24(28-13-15-32-16-14-28)17-27-25(30)18-29-22-11-7-5-9-20(22)26(31)21-10-6-8-12-23(21)29/h5-12,19,24H,3-4,13-18H2,1-2H3,(H,27,30). The van der Waals surface area contributed by atoms with Crippen molar-refractivity contribution in [3.8, 4) is 0 Å². The average molecular weight is 436 g/mol. The molecule has 1 unspecified atom stereocenters. The average Bonchev–Trinajstić information content (AvgIpc) is 2.85. The third kappa shape index (κ3) is 4.57. The molecule has 1 atom stereocenters. The van der Waals surface area contributed by atoms with Gasteiger partial charge in [-0.25, -0.2) is 0 Å². The minimum atomic E-state index is -0.0341. The first kappa shape index (κ1) is 22.5. The minimum absolute atomic E-state index is 0.00831. The van der Waals surface area contributed by atoms with E-state index >= 15 is 0 Å². The van der Waals surface area contributed by atoms with Crippen molar-refractivity contribution in [3.05, 3.63) is 58.8 Å². The first-order valence-corrected chi connectivity index (χ1v) is 11.7. The molecular weight excluding hydrogens is 402 g/mol. The van der Waals surface area contributed by atoms with Crippen molar-refractivity contribution < 1.29 is 9.53 Å². The first-order chi connectivity index (χ1) is 15.6. The quantitative estimate of drug-likeness (QED) is 0.551. The van der Waals surface area contributed by atoms with Gasteiger partial charge in [-0.3, -0.25) is 14.5 Å². The van der Waals surface area contributed by atoms with Crippen LogP contribution in [0.25, 0.3) is 21.8 Å². The lowest BCUT2D eigenvalue weighted by Gasteiger charge is -2.38. The largest absolute Gasteiger partial charge is 0.379 e. The number of carbonyl (C=O) groups excluding carboxylic acids is 1. The number of pyridine rings is 1. The van der Waals surface area contributed by atoms with Gasteiger partial charge >= 0.3 is 0 Å². The molecule has 6 nitrogen and oxygen atoms in total. The minimum Gasteiger partial charge on any atom is -0.379 e. The van der Waals surface area contributed by atoms with Crippen LogP contribution in [0.4, 0.5) is 0 Å². The number of morpholine rings is 1. The van der Waals surface area contributed by atoms with Crippen LogP contribution in [0.2, 0.25) is 0 Å². The van der Waals surface area contributed by atoms with E-state index in [0.29, 0.717) is 29.3 Å². The van der Waals surface area contributed by atoms with Crippen molar-refractivity contribution in [2.75, 3.05) is 32.8 Å². The van der Waals surface area contributed by atoms with E-state index in [1.165, 1.54) is 0 Å². The molecule has 3 aromatic rings. The molecule has 170 valence electrons. The molecule has 1 aliphatic heterocycles. The van der Waals surface area contributed by atoms with Crippen molar-refractivity contribution in [3.63, 3.8) is 0 Å². The molecule has 1 N–H and O–H groups in total. The van der Waals surface area contributed by atoms with Gasteiger partial charge in [0, 0.05) is 36.4 Å². The molecule has 1 fully saturated rings. The second-order valence-corrected chi connectivity index (χ2v) is 8.55. The van der Waals surface area contributed by atoms with Crippen LogP contribution in [-0.2, 0) is 16.1 Å². The van der Waals surface area contributed by atoms with E-state index in [2.05, 4.69) is 24.1 Å². The van der Waals surface area contributed by atoms with Gasteiger partial charge in [0.05, 0.1) is 24.2 Å². The van der Waals surface area contributed by atoms with E-state index in [1.807, 2.05) is 53.1 Å². The van der Waals surface area contributed by atoms with Crippen molar-refractivity contribution in [1.82, 2.24) is 14.8 Å². The Labute approximate surface area is 189 Å². The molecule has 0 spiro atoms. The Bertz CT molecular complexity index is 1070. The van der Waals surface area contributed by atoms with Crippen LogP contribution in [0.5, 0.6) is 0 Å². The van der Waals surface area contributed by atoms with Crippen molar-refractivity contribution in [2.24, 2.45) is 5.92 Å². The lowest BCUT2D eigenvalue weighted by Crippen LogP contribution is -2.52. The maximum Gasteiger partial charge on any atom is 0.240 e. The number of hydrogen-bond acceptors (Lipinski definition) is 4. The summed E-state index contributed by atoms with van der Waals surface area (Å²) >= 11 is 0. The highest BCUT2D eigenvalue weighted by molar-refractivity contribution is 5.94. The fraction of sp³-hybridized carbons (Fsp3) is 0.462. The lowest BCUT2D eigenvalue weighted by molar-refractivity contribution is -0.122. The predicted octanol–water partition coefficient (Wildman–Crippen LogP) is 3.41. The number of amides is 1. The van der Waals surface area contributed by atoms with Gasteiger partial charge < -0.3 is 14.6 Å². The van der Waals surface area contributed by atoms with E-state index in [0.717, 1.165) is 50.2 Å². The SMILES string of the molecule is CCC(CC)C(CNC(=O)Cn1c2ccccc2c(=O)c2ccccc21)N1CCOCC1. The van der Waals surface area contributed by atoms with Gasteiger partial charge in [-0.2, -0.15) is 0 Å². The number of fused-ring (bicyclic) bond motifs is 2. The Morgan fingerprint density at radius 2 is 1.53 bits per heavy atom. The van der Waals surface area contributed by atoms with Gasteiger partial charge in [-0.1, -0.05) is 51.0 Å². The van der Waals surface area contributed by atoms with Crippen LogP contribution in [0.3, 0.4) is 0 Å². The van der Waals surface area contributed by atoms with E-state index in [-0.39, 0.29) is 17.9 Å². The number of carbonyl (C=O) groups is 1. The first-order valence-electron chi connectivity index (χ1n) is 11.7. The van der Waals surface area contributed by atoms with E-state index < -0.39 is 0 Å². The Balaban J connectivity index is 1.58. The molecule has 0 saturated carbocycles. The van der Waals surface area contributed by atoms with Gasteiger partial charge in [0.2, 0.25) is 5.91 Å². The molecule has 1 amide bonds. The predicted molar refractivity (Wildman–Crippen MR) is 129 cm³/mol. The van der Waals surface area contributed by atoms with Crippen LogP contribution in [0.15, 0.2) is 53.3 Å². The van der Waals surface area contributed by atoms with Gasteiger partial charge in [0.1, 0.15) is 6.54 Å². The number of para-hydroxylation sites is 2. The zero-order valence-corrected chi connectivity index (χ0v) is 19.0. The van der Waals surface area contributed by atoms with Gasteiger partial charge in [0.25, 0.3) is 0 Å². The molecule has 2 aromatic carbocycles. The fourth-order valence-electron chi connectivity index (χ4n) is 5.00. The van der Waals surface area contributed by atoms with Crippen LogP contribution in [0.1, 0.15) is 26.7 Å². The summed E-state index contributed by atoms with van der Waals surface area (Å²) in [6.45, 7) is 8.57. The molecule has 32 heavy (non-hydrogen) atoms. The molecule has 6 heteroatoms. The zero-order valence-electron chi connectivity index (χ0n) is 19.0. The highest BCUT2D eigenvalue weighted by Crippen LogP contribution is 2.21. The number of nitrogens with one attached hydrogen (secondary N) is 1. The summed E-state index contributed by atoms with van der Waals surface area (Å²) < 4.78 is 7.50. The van der Waals surface area contributed by atoms with Crippen LogP contribution in [0, 0.1) is 5.92 Å². The number of hydrogen-bond donors (Lipinski definition) is 1. The highest BCUT2D eigenvalue weighted by Gasteiger charge is 2.27. The summed E-state index contributed by atoms with van der Waals surface area (Å²) in [6, 6.07) is 15.4. The van der Waals surface area contributed by atoms with Crippen molar-refractivity contribution in [2.45, 2.75) is 39.3 Å². The second kappa shape index (κ2) is 10.3. The summed E-state index contributed by atoms with van der Waals surface area (Å²) in [5, 5.41) is 4.48. The van der Waals surface area contributed by atoms with Gasteiger partial charge in [-0.05, 0) is 30.2 Å². The topological polar surface area (TPSA) is 63.6 Å². The number of benzene rings is 2. The third-order valence-electron chi connectivity index (χ3n) is 6.80. The molecule has 1 aliphatic rings. The van der Waals surface area contributed by atoms with Crippen LogP contribution < -0.4 is 10.7 Å². The molecular formula is C26H33N3O3. The maximum absolute atomic E-state index is 13.1. The van der Waals surface area contributed by atoms with Crippen molar-refractivity contribution in [1.29, 1.82) is 0 Å². The zero-order chi connectivity index (χ0) is 22.5. The van der Waals surface area contributed by atoms with E-state index in [1.54, 1.807) is 0 Å². The highest BCUT2D eigenvalue weighted by atomic mass is 16.5. The molecule has 0 aliphatic carbocycles. The number of nitrogens with zero attached hydrogens (tertiary/aromatic N) is 2. The van der Waals surface area contributed by atoms with Crippen LogP contribution >= 0.6 is 0 Å². The molecule has 0 radical (unpaired) electrons. The Kier molecular flexibility index (Phi) is 7.22. The van der Waals surface area contributed by atoms with Gasteiger partial charge in [-0.15, -0.1) is 0 Å². The summed E-state index contributed by atoms with van der Waals surface area (Å²) in [5.41, 5.74) is 1.58. The monoisotopic (exact) mass is 435 g/mol. The van der Waals surface area contributed by atoms with Gasteiger partial charge in [0.15, 0.2) is 5.43 Å².